The first-order valence-electron chi connectivity index (χ1n) is 5.63. The molecule has 0 fully saturated rings. The lowest BCUT2D eigenvalue weighted by atomic mass is 9.93. The van der Waals surface area contributed by atoms with Crippen LogP contribution >= 0.6 is 0 Å². The maximum Gasteiger partial charge on any atom is 0.0316 e. The summed E-state index contributed by atoms with van der Waals surface area (Å²) in [6.07, 6.45) is 2.38. The molecule has 0 aliphatic heterocycles. The van der Waals surface area contributed by atoms with Gasteiger partial charge in [-0.25, -0.2) is 0 Å². The number of nitrogens with two attached hydrogens (primary N) is 1. The number of nitrogens with zero attached hydrogens (tertiary/aromatic N) is 1. The Labute approximate surface area is 93.1 Å². The Morgan fingerprint density at radius 1 is 1.33 bits per heavy atom. The van der Waals surface area contributed by atoms with Crippen LogP contribution in [0, 0.1) is 0 Å². The summed E-state index contributed by atoms with van der Waals surface area (Å²) in [5.41, 5.74) is 8.04. The lowest BCUT2D eigenvalue weighted by molar-refractivity contribution is 0.378. The maximum atomic E-state index is 5.80. The Kier molecular flexibility index (Phi) is 4.63. The van der Waals surface area contributed by atoms with Crippen LogP contribution in [0.4, 0.5) is 5.69 Å². The number of nitrogen functional groups attached to an aromatic ring is 1. The first-order chi connectivity index (χ1) is 7.13. The molecule has 15 heavy (non-hydrogen) atoms. The van der Waals surface area contributed by atoms with Gasteiger partial charge in [-0.2, -0.15) is 0 Å². The van der Waals surface area contributed by atoms with Crippen LogP contribution < -0.4 is 5.73 Å². The zero-order valence-electron chi connectivity index (χ0n) is 10.0. The molecule has 84 valence electrons. The number of anilines is 1. The van der Waals surface area contributed by atoms with Crippen molar-refractivity contribution in [3.05, 3.63) is 29.8 Å². The van der Waals surface area contributed by atoms with E-state index in [9.17, 15) is 0 Å². The smallest absolute Gasteiger partial charge is 0.0316 e. The molecule has 0 radical (unpaired) electrons. The van der Waals surface area contributed by atoms with E-state index in [1.165, 1.54) is 18.4 Å². The number of rotatable bonds is 5. The van der Waals surface area contributed by atoms with E-state index in [1.54, 1.807) is 0 Å². The van der Waals surface area contributed by atoms with Crippen molar-refractivity contribution in [3.63, 3.8) is 0 Å². The quantitative estimate of drug-likeness (QED) is 0.751. The Bertz CT molecular complexity index is 294. The van der Waals surface area contributed by atoms with Crippen molar-refractivity contribution in [3.8, 4) is 0 Å². The Morgan fingerprint density at radius 3 is 2.60 bits per heavy atom. The molecule has 2 heteroatoms. The van der Waals surface area contributed by atoms with Crippen LogP contribution in [0.5, 0.6) is 0 Å². The van der Waals surface area contributed by atoms with Crippen molar-refractivity contribution in [2.24, 2.45) is 0 Å². The highest BCUT2D eigenvalue weighted by Gasteiger charge is 2.09. The van der Waals surface area contributed by atoms with Crippen LogP contribution in [-0.2, 0) is 0 Å². The average Bonchev–Trinajstić information content (AvgIpc) is 2.18. The fourth-order valence-electron chi connectivity index (χ4n) is 1.83. The average molecular weight is 206 g/mol. The summed E-state index contributed by atoms with van der Waals surface area (Å²) in [5, 5.41) is 0. The summed E-state index contributed by atoms with van der Waals surface area (Å²) < 4.78 is 0. The largest absolute Gasteiger partial charge is 0.399 e. The fraction of sp³-hybridized carbons (Fsp3) is 0.538. The SMILES string of the molecule is CC[C@H](CCN(C)C)c1cccc(N)c1. The van der Waals surface area contributed by atoms with Gasteiger partial charge in [0.25, 0.3) is 0 Å². The first kappa shape index (κ1) is 12.1. The Hall–Kier alpha value is -1.02. The second-order valence-electron chi connectivity index (χ2n) is 4.37. The molecular weight excluding hydrogens is 184 g/mol. The van der Waals surface area contributed by atoms with E-state index in [0.29, 0.717) is 5.92 Å². The molecule has 0 saturated carbocycles. The first-order valence-corrected chi connectivity index (χ1v) is 5.63. The molecular formula is C13H22N2. The summed E-state index contributed by atoms with van der Waals surface area (Å²) in [5.74, 6) is 0.635. The molecule has 1 aromatic carbocycles. The molecule has 0 aliphatic carbocycles. The van der Waals surface area contributed by atoms with E-state index in [2.05, 4.69) is 38.1 Å². The van der Waals surface area contributed by atoms with E-state index in [1.807, 2.05) is 12.1 Å². The Morgan fingerprint density at radius 2 is 2.07 bits per heavy atom. The van der Waals surface area contributed by atoms with Crippen molar-refractivity contribution in [2.75, 3.05) is 26.4 Å². The predicted octanol–water partition coefficient (Wildman–Crippen LogP) is 2.71. The van der Waals surface area contributed by atoms with Crippen molar-refractivity contribution < 1.29 is 0 Å². The highest BCUT2D eigenvalue weighted by Crippen LogP contribution is 2.24. The second kappa shape index (κ2) is 5.76. The number of benzene rings is 1. The van der Waals surface area contributed by atoms with Gasteiger partial charge < -0.3 is 10.6 Å². The van der Waals surface area contributed by atoms with E-state index < -0.39 is 0 Å². The van der Waals surface area contributed by atoms with E-state index >= 15 is 0 Å². The second-order valence-corrected chi connectivity index (χ2v) is 4.37. The van der Waals surface area contributed by atoms with Gasteiger partial charge in [-0.15, -0.1) is 0 Å². The molecule has 1 rings (SSSR count). The standard InChI is InChI=1S/C13H22N2/c1-4-11(8-9-15(2)3)12-6-5-7-13(14)10-12/h5-7,10-11H,4,8-9,14H2,1-3H3/t11-/m1/s1. The van der Waals surface area contributed by atoms with E-state index in [-0.39, 0.29) is 0 Å². The molecule has 0 amide bonds. The summed E-state index contributed by atoms with van der Waals surface area (Å²) in [6.45, 7) is 3.37. The van der Waals surface area contributed by atoms with Gasteiger partial charge in [0.1, 0.15) is 0 Å². The van der Waals surface area contributed by atoms with E-state index in [4.69, 9.17) is 5.73 Å². The number of hydrogen-bond acceptors (Lipinski definition) is 2. The molecule has 0 heterocycles. The van der Waals surface area contributed by atoms with Gasteiger partial charge >= 0.3 is 0 Å². The van der Waals surface area contributed by atoms with Crippen molar-refractivity contribution in [1.82, 2.24) is 4.90 Å². The zero-order chi connectivity index (χ0) is 11.3. The van der Waals surface area contributed by atoms with E-state index in [0.717, 1.165) is 12.2 Å². The van der Waals surface area contributed by atoms with Crippen LogP contribution in [0.2, 0.25) is 0 Å². The third-order valence-corrected chi connectivity index (χ3v) is 2.80. The van der Waals surface area contributed by atoms with Crippen LogP contribution in [0.25, 0.3) is 0 Å². The lowest BCUT2D eigenvalue weighted by Crippen LogP contribution is -2.15. The van der Waals surface area contributed by atoms with Gasteiger partial charge in [0.2, 0.25) is 0 Å². The summed E-state index contributed by atoms with van der Waals surface area (Å²) >= 11 is 0. The third-order valence-electron chi connectivity index (χ3n) is 2.80. The minimum Gasteiger partial charge on any atom is -0.399 e. The van der Waals surface area contributed by atoms with Crippen LogP contribution in [0.1, 0.15) is 31.2 Å². The minimum absolute atomic E-state index is 0.635. The molecule has 0 unspecified atom stereocenters. The highest BCUT2D eigenvalue weighted by atomic mass is 15.0. The molecule has 0 aliphatic rings. The molecule has 2 nitrogen and oxygen atoms in total. The number of hydrogen-bond donors (Lipinski definition) is 1. The van der Waals surface area contributed by atoms with Crippen molar-refractivity contribution in [2.45, 2.75) is 25.7 Å². The predicted molar refractivity (Wildman–Crippen MR) is 67.1 cm³/mol. The van der Waals surface area contributed by atoms with Gasteiger partial charge in [0.05, 0.1) is 0 Å². The maximum absolute atomic E-state index is 5.80. The monoisotopic (exact) mass is 206 g/mol. The van der Waals surface area contributed by atoms with Gasteiger partial charge in [-0.1, -0.05) is 19.1 Å². The summed E-state index contributed by atoms with van der Waals surface area (Å²) in [7, 11) is 4.23. The molecule has 0 spiro atoms. The molecule has 0 saturated heterocycles. The van der Waals surface area contributed by atoms with Gasteiger partial charge in [-0.3, -0.25) is 0 Å². The lowest BCUT2D eigenvalue weighted by Gasteiger charge is -2.18. The highest BCUT2D eigenvalue weighted by molar-refractivity contribution is 5.41. The summed E-state index contributed by atoms with van der Waals surface area (Å²) in [4.78, 5) is 2.23. The molecule has 1 atom stereocenters. The normalized spacial score (nSPS) is 13.1. The van der Waals surface area contributed by atoms with Gasteiger partial charge in [0.15, 0.2) is 0 Å². The minimum atomic E-state index is 0.635. The van der Waals surface area contributed by atoms with Crippen LogP contribution in [-0.4, -0.2) is 25.5 Å². The summed E-state index contributed by atoms with van der Waals surface area (Å²) in [6, 6.07) is 8.27. The molecule has 2 N–H and O–H groups in total. The molecule has 0 bridgehead atoms. The van der Waals surface area contributed by atoms with Crippen molar-refractivity contribution in [1.29, 1.82) is 0 Å². The van der Waals surface area contributed by atoms with Gasteiger partial charge in [0, 0.05) is 5.69 Å². The topological polar surface area (TPSA) is 29.3 Å². The molecule has 0 aromatic heterocycles. The van der Waals surface area contributed by atoms with Gasteiger partial charge in [-0.05, 0) is 57.1 Å². The zero-order valence-corrected chi connectivity index (χ0v) is 10.0. The van der Waals surface area contributed by atoms with Crippen LogP contribution in [0.15, 0.2) is 24.3 Å². The third kappa shape index (κ3) is 3.92. The molecule has 1 aromatic rings. The Balaban J connectivity index is 2.65. The van der Waals surface area contributed by atoms with Crippen LogP contribution in [0.3, 0.4) is 0 Å². The van der Waals surface area contributed by atoms with Crippen molar-refractivity contribution >= 4 is 5.69 Å². The fourth-order valence-corrected chi connectivity index (χ4v) is 1.83.